The second-order valence-corrected chi connectivity index (χ2v) is 36.8. The highest BCUT2D eigenvalue weighted by molar-refractivity contribution is 5.96. The van der Waals surface area contributed by atoms with Crippen LogP contribution in [0.15, 0.2) is 455 Å². The van der Waals surface area contributed by atoms with E-state index in [1.54, 1.807) is 0 Å². The Kier molecular flexibility index (Phi) is 29.6. The molecule has 0 heteroatoms. The van der Waals surface area contributed by atoms with Crippen LogP contribution in [-0.4, -0.2) is 0 Å². The number of aryl methyl sites for hydroxylation is 15. The van der Waals surface area contributed by atoms with Gasteiger partial charge in [-0.05, 0) is 283 Å². The van der Waals surface area contributed by atoms with Crippen LogP contribution in [0.3, 0.4) is 0 Å². The molecule has 0 bridgehead atoms. The molecule has 0 aromatic heterocycles. The summed E-state index contributed by atoms with van der Waals surface area (Å²) in [6.45, 7) is 32.2. The average Bonchev–Trinajstić information content (AvgIpc) is 0.786. The van der Waals surface area contributed by atoms with E-state index in [-0.39, 0.29) is 0 Å². The van der Waals surface area contributed by atoms with Gasteiger partial charge in [0.2, 0.25) is 0 Å². The zero-order chi connectivity index (χ0) is 94.0. The van der Waals surface area contributed by atoms with Crippen LogP contribution in [0.25, 0.3) is 167 Å². The van der Waals surface area contributed by atoms with E-state index in [0.717, 1.165) is 0 Å². The Balaban J connectivity index is 0.000000123. The fraction of sp³-hybridized carbons (Fsp3) is 0.111. The monoisotopic (exact) mass is 1740 g/mol. The quantitative estimate of drug-likeness (QED) is 0.0960. The zero-order valence-corrected chi connectivity index (χ0v) is 80.8. The molecule has 20 rings (SSSR count). The van der Waals surface area contributed by atoms with Crippen LogP contribution in [0, 0.1) is 104 Å². The van der Waals surface area contributed by atoms with Crippen molar-refractivity contribution in [3.63, 3.8) is 0 Å². The number of rotatable bonds is 15. The molecule has 660 valence electrons. The first-order valence-electron chi connectivity index (χ1n) is 47.3. The van der Waals surface area contributed by atoms with Crippen LogP contribution in [-0.2, 0) is 0 Å². The third kappa shape index (κ3) is 23.7. The molecule has 0 atom stereocenters. The van der Waals surface area contributed by atoms with E-state index in [0.29, 0.717) is 0 Å². The molecule has 20 aromatic carbocycles. The molecule has 0 heterocycles. The van der Waals surface area contributed by atoms with Crippen LogP contribution in [0.4, 0.5) is 0 Å². The largest absolute Gasteiger partial charge is 0.0616 e. The summed E-state index contributed by atoms with van der Waals surface area (Å²) in [7, 11) is 0. The van der Waals surface area contributed by atoms with Crippen LogP contribution >= 0.6 is 0 Å². The molecule has 0 amide bonds. The van der Waals surface area contributed by atoms with Gasteiger partial charge in [0.25, 0.3) is 0 Å². The lowest BCUT2D eigenvalue weighted by Gasteiger charge is -2.16. The van der Waals surface area contributed by atoms with Crippen molar-refractivity contribution in [2.45, 2.75) is 104 Å². The standard InChI is InChI=1S/5C27H24/c1-19-6-4-7-24(15-19)26-9-5-8-25(18-26)22-10-12-23(13-11-22)27-16-20(2)14-21(3)17-27;1-19-8-6-10-22(16-19)24-12-4-5-13-25(24)26-15-14-21(3)18-27(26)23-11-7-9-20(2)17-23;1-19-11-14-22(15-12-19)24-9-4-5-10-25(24)26-16-13-21(3)18-27(26)23-8-6-7-20(2)17-23;1-19-7-9-22(10-8-19)25-5-4-6-26(18-25)23-11-13-24(14-12-23)27-16-20(2)15-21(3)17-27;1-19-8-13-22(14-9-19)24-6-4-5-7-26(24)27-18-21(3)12-17-25(27)23-15-10-20(2)11-16-23/h5*4-18H,1-3H3. The van der Waals surface area contributed by atoms with Gasteiger partial charge in [0.1, 0.15) is 0 Å². The summed E-state index contributed by atoms with van der Waals surface area (Å²) in [5.41, 5.74) is 57.4. The maximum atomic E-state index is 2.31. The Labute approximate surface area is 803 Å². The third-order valence-corrected chi connectivity index (χ3v) is 25.3. The van der Waals surface area contributed by atoms with Crippen LogP contribution in [0.5, 0.6) is 0 Å². The van der Waals surface area contributed by atoms with Gasteiger partial charge in [0.05, 0.1) is 0 Å². The average molecular weight is 1740 g/mol. The molecule has 20 aromatic rings. The van der Waals surface area contributed by atoms with Gasteiger partial charge in [-0.25, -0.2) is 0 Å². The van der Waals surface area contributed by atoms with Crippen molar-refractivity contribution in [2.24, 2.45) is 0 Å². The summed E-state index contributed by atoms with van der Waals surface area (Å²) in [5, 5.41) is 0. The molecule has 0 aliphatic carbocycles. The molecule has 0 aliphatic rings. The van der Waals surface area contributed by atoms with Crippen molar-refractivity contribution in [1.29, 1.82) is 0 Å². The molecular weight excluding hydrogens is 1620 g/mol. The topological polar surface area (TPSA) is 0 Å². The van der Waals surface area contributed by atoms with Gasteiger partial charge in [-0.15, -0.1) is 0 Å². The van der Waals surface area contributed by atoms with Crippen molar-refractivity contribution in [1.82, 2.24) is 0 Å². The Bertz CT molecular complexity index is 7460. The molecule has 0 N–H and O–H groups in total. The Morgan fingerprint density at radius 1 is 0.0741 bits per heavy atom. The minimum atomic E-state index is 1.25. The Morgan fingerprint density at radius 2 is 0.252 bits per heavy atom. The number of hydrogen-bond donors (Lipinski definition) is 0. The molecule has 0 fully saturated rings. The van der Waals surface area contributed by atoms with Gasteiger partial charge in [-0.1, -0.05) is 526 Å². The Hall–Kier alpha value is -15.6. The smallest absolute Gasteiger partial charge is 0.00965 e. The molecule has 0 unspecified atom stereocenters. The minimum absolute atomic E-state index is 1.25. The first-order valence-corrected chi connectivity index (χ1v) is 47.3. The zero-order valence-electron chi connectivity index (χ0n) is 80.8. The van der Waals surface area contributed by atoms with E-state index in [2.05, 4.69) is 559 Å². The van der Waals surface area contributed by atoms with Crippen molar-refractivity contribution in [3.8, 4) is 167 Å². The van der Waals surface area contributed by atoms with Gasteiger partial charge in [-0.3, -0.25) is 0 Å². The molecule has 0 saturated carbocycles. The van der Waals surface area contributed by atoms with Crippen molar-refractivity contribution in [3.05, 3.63) is 538 Å². The molecule has 0 radical (unpaired) electrons. The molecule has 0 aliphatic heterocycles. The van der Waals surface area contributed by atoms with Crippen LogP contribution in [0.2, 0.25) is 0 Å². The lowest BCUT2D eigenvalue weighted by atomic mass is 9.88. The first-order chi connectivity index (χ1) is 65.5. The Morgan fingerprint density at radius 3 is 0.563 bits per heavy atom. The summed E-state index contributed by atoms with van der Waals surface area (Å²) in [6.07, 6.45) is 0. The maximum absolute atomic E-state index is 2.31. The summed E-state index contributed by atoms with van der Waals surface area (Å²) in [4.78, 5) is 0. The summed E-state index contributed by atoms with van der Waals surface area (Å²) < 4.78 is 0. The third-order valence-electron chi connectivity index (χ3n) is 25.3. The molecule has 0 nitrogen and oxygen atoms in total. The van der Waals surface area contributed by atoms with E-state index in [9.17, 15) is 0 Å². The highest BCUT2D eigenvalue weighted by Crippen LogP contribution is 2.44. The summed E-state index contributed by atoms with van der Waals surface area (Å²) >= 11 is 0. The van der Waals surface area contributed by atoms with Gasteiger partial charge in [0, 0.05) is 0 Å². The van der Waals surface area contributed by atoms with Gasteiger partial charge in [0.15, 0.2) is 0 Å². The van der Waals surface area contributed by atoms with Gasteiger partial charge < -0.3 is 0 Å². The van der Waals surface area contributed by atoms with E-state index < -0.39 is 0 Å². The van der Waals surface area contributed by atoms with Gasteiger partial charge >= 0.3 is 0 Å². The van der Waals surface area contributed by atoms with E-state index >= 15 is 0 Å². The van der Waals surface area contributed by atoms with Gasteiger partial charge in [-0.2, -0.15) is 0 Å². The lowest BCUT2D eigenvalue weighted by Crippen LogP contribution is -1.91. The van der Waals surface area contributed by atoms with Crippen molar-refractivity contribution < 1.29 is 0 Å². The minimum Gasteiger partial charge on any atom is -0.0616 e. The molecule has 135 heavy (non-hydrogen) atoms. The summed E-state index contributed by atoms with van der Waals surface area (Å²) in [5.74, 6) is 0. The second-order valence-electron chi connectivity index (χ2n) is 36.8. The molecule has 0 saturated heterocycles. The predicted octanol–water partition coefficient (Wildman–Crippen LogP) is 38.1. The highest BCUT2D eigenvalue weighted by Gasteiger charge is 2.19. The van der Waals surface area contributed by atoms with Crippen molar-refractivity contribution >= 4 is 0 Å². The number of hydrogen-bond acceptors (Lipinski definition) is 0. The van der Waals surface area contributed by atoms with Crippen LogP contribution < -0.4 is 0 Å². The van der Waals surface area contributed by atoms with E-state index in [1.165, 1.54) is 250 Å². The maximum Gasteiger partial charge on any atom is -0.00965 e. The SMILES string of the molecule is Cc1ccc(-c2cccc(-c3ccc(-c4cc(C)cc(C)c4)cc3)c2)cc1.Cc1ccc(-c2ccccc2-c2cc(C)ccc2-c2ccc(C)cc2)cc1.Cc1ccc(-c2ccccc2-c2ccc(C)cc2-c2cccc(C)c2)cc1.Cc1cccc(-c2cccc(-c3ccc(-c4cc(C)cc(C)c4)cc3)c2)c1.Cc1cccc(-c2ccccc2-c2ccc(C)cc2-c2cccc(C)c2)c1. The van der Waals surface area contributed by atoms with E-state index in [1.807, 2.05) is 0 Å². The second kappa shape index (κ2) is 43.2. The summed E-state index contributed by atoms with van der Waals surface area (Å²) in [6, 6.07) is 165. The molecular formula is C135H120. The molecule has 0 spiro atoms. The first kappa shape index (κ1) is 92.7. The van der Waals surface area contributed by atoms with E-state index in [4.69, 9.17) is 0 Å². The number of benzene rings is 20. The fourth-order valence-corrected chi connectivity index (χ4v) is 18.3. The normalized spacial score (nSPS) is 10.8. The highest BCUT2D eigenvalue weighted by atomic mass is 14.2. The predicted molar refractivity (Wildman–Crippen MR) is 585 cm³/mol. The van der Waals surface area contributed by atoms with Crippen molar-refractivity contribution in [2.75, 3.05) is 0 Å². The lowest BCUT2D eigenvalue weighted by molar-refractivity contribution is 1.38. The fourth-order valence-electron chi connectivity index (χ4n) is 18.3. The van der Waals surface area contributed by atoms with Crippen LogP contribution in [0.1, 0.15) is 83.5 Å².